The normalized spacial score (nSPS) is 27.5. The number of sulfone groups is 1. The minimum absolute atomic E-state index is 0.118. The highest BCUT2D eigenvalue weighted by Crippen LogP contribution is 2.25. The molecule has 0 aliphatic carbocycles. The Hall–Kier alpha value is -1.32. The minimum atomic E-state index is -5.26. The van der Waals surface area contributed by atoms with Crippen LogP contribution in [0, 0.1) is 0 Å². The fourth-order valence-electron chi connectivity index (χ4n) is 1.72. The topological polar surface area (TPSA) is 101 Å². The minimum Gasteiger partial charge on any atom is -0.479 e. The van der Waals surface area contributed by atoms with Gasteiger partial charge in [-0.05, 0) is 12.8 Å². The van der Waals surface area contributed by atoms with Crippen molar-refractivity contribution in [2.45, 2.75) is 24.6 Å². The number of rotatable bonds is 2. The molecular weight excluding hydrogens is 279 g/mol. The van der Waals surface area contributed by atoms with Gasteiger partial charge in [0.2, 0.25) is 0 Å². The number of halogens is 3. The summed E-state index contributed by atoms with van der Waals surface area (Å²) in [5.74, 6) is -5.58. The van der Waals surface area contributed by atoms with E-state index in [0.717, 1.165) is 0 Å². The van der Waals surface area contributed by atoms with Gasteiger partial charge in [-0.15, -0.1) is 0 Å². The summed E-state index contributed by atoms with van der Waals surface area (Å²) in [5.41, 5.74) is -2.40. The number of carboxylic acids is 1. The van der Waals surface area contributed by atoms with Crippen LogP contribution < -0.4 is 5.32 Å². The largest absolute Gasteiger partial charge is 0.479 e. The number of aliphatic carboxylic acids is 1. The van der Waals surface area contributed by atoms with Gasteiger partial charge in [-0.2, -0.15) is 13.2 Å². The van der Waals surface area contributed by atoms with Gasteiger partial charge in [-0.3, -0.25) is 4.79 Å². The monoisotopic (exact) mass is 289 g/mol. The number of nitrogens with one attached hydrogen (secondary N) is 1. The van der Waals surface area contributed by atoms with Crippen LogP contribution in [-0.2, 0) is 19.4 Å². The van der Waals surface area contributed by atoms with E-state index in [2.05, 4.69) is 0 Å². The van der Waals surface area contributed by atoms with Crippen molar-refractivity contribution in [2.75, 3.05) is 11.5 Å². The molecule has 1 aliphatic rings. The highest BCUT2D eigenvalue weighted by atomic mass is 32.2. The lowest BCUT2D eigenvalue weighted by Gasteiger charge is -2.33. The quantitative estimate of drug-likeness (QED) is 0.726. The van der Waals surface area contributed by atoms with E-state index < -0.39 is 39.2 Å². The van der Waals surface area contributed by atoms with Crippen molar-refractivity contribution in [2.24, 2.45) is 0 Å². The summed E-state index contributed by atoms with van der Waals surface area (Å²) in [5, 5.41) is 10.2. The maximum atomic E-state index is 12.1. The standard InChI is InChI=1S/C8H10F3NO5S/c9-8(10,11)5(13)12-7(6(14)15)2-1-3-18(16,17)4-7/h1-4H2,(H,12,13)(H,14,15). The zero-order chi connectivity index (χ0) is 14.2. The van der Waals surface area contributed by atoms with Gasteiger partial charge in [-0.25, -0.2) is 13.2 Å². The molecule has 2 N–H and O–H groups in total. The summed E-state index contributed by atoms with van der Waals surface area (Å²) in [6, 6.07) is 0. The number of hydrogen-bond acceptors (Lipinski definition) is 4. The Morgan fingerprint density at radius 3 is 2.22 bits per heavy atom. The van der Waals surface area contributed by atoms with E-state index in [4.69, 9.17) is 5.11 Å². The first kappa shape index (κ1) is 14.7. The predicted molar refractivity (Wildman–Crippen MR) is 52.5 cm³/mol. The second-order valence-corrected chi connectivity index (χ2v) is 6.22. The molecular formula is C8H10F3NO5S. The van der Waals surface area contributed by atoms with Crippen LogP contribution >= 0.6 is 0 Å². The number of alkyl halides is 3. The predicted octanol–water partition coefficient (Wildman–Crippen LogP) is -0.303. The third-order valence-electron chi connectivity index (χ3n) is 2.54. The first-order valence-electron chi connectivity index (χ1n) is 4.82. The molecule has 1 amide bonds. The van der Waals surface area contributed by atoms with Gasteiger partial charge in [0.1, 0.15) is 0 Å². The van der Waals surface area contributed by atoms with Crippen LogP contribution in [0.15, 0.2) is 0 Å². The second-order valence-electron chi connectivity index (χ2n) is 4.03. The number of carboxylic acid groups (broad SMARTS) is 1. The third-order valence-corrected chi connectivity index (χ3v) is 4.39. The van der Waals surface area contributed by atoms with Crippen molar-refractivity contribution in [1.29, 1.82) is 0 Å². The second kappa shape index (κ2) is 4.41. The molecule has 1 unspecified atom stereocenters. The van der Waals surface area contributed by atoms with Crippen LogP contribution in [0.25, 0.3) is 0 Å². The Bertz CT molecular complexity index is 472. The SMILES string of the molecule is O=C(NC1(C(=O)O)CCCS(=O)(=O)C1)C(F)(F)F. The molecule has 6 nitrogen and oxygen atoms in total. The van der Waals surface area contributed by atoms with Crippen molar-refractivity contribution in [3.8, 4) is 0 Å². The van der Waals surface area contributed by atoms with Crippen molar-refractivity contribution < 1.29 is 36.3 Å². The fraction of sp³-hybridized carbons (Fsp3) is 0.750. The zero-order valence-corrected chi connectivity index (χ0v) is 9.77. The summed E-state index contributed by atoms with van der Waals surface area (Å²) in [6.07, 6.45) is -5.74. The third kappa shape index (κ3) is 3.12. The molecule has 0 aromatic carbocycles. The number of carbonyl (C=O) groups excluding carboxylic acids is 1. The van der Waals surface area contributed by atoms with E-state index in [1.807, 2.05) is 0 Å². The molecule has 0 aromatic rings. The summed E-state index contributed by atoms with van der Waals surface area (Å²) in [4.78, 5) is 21.7. The molecule has 1 rings (SSSR count). The van der Waals surface area contributed by atoms with E-state index >= 15 is 0 Å². The van der Waals surface area contributed by atoms with E-state index in [1.54, 1.807) is 0 Å². The van der Waals surface area contributed by atoms with Crippen molar-refractivity contribution in [1.82, 2.24) is 5.32 Å². The maximum Gasteiger partial charge on any atom is 0.471 e. The molecule has 104 valence electrons. The molecule has 0 saturated carbocycles. The Kier molecular flexibility index (Phi) is 3.61. The molecule has 10 heteroatoms. The van der Waals surface area contributed by atoms with Gasteiger partial charge in [0.05, 0.1) is 11.5 Å². The van der Waals surface area contributed by atoms with Crippen LogP contribution in [0.5, 0.6) is 0 Å². The smallest absolute Gasteiger partial charge is 0.471 e. The summed E-state index contributed by atoms with van der Waals surface area (Å²) < 4.78 is 58.8. The molecule has 1 atom stereocenters. The lowest BCUT2D eigenvalue weighted by molar-refractivity contribution is -0.177. The molecule has 0 radical (unpaired) electrons. The number of hydrogen-bond donors (Lipinski definition) is 2. The van der Waals surface area contributed by atoms with Crippen LogP contribution in [0.2, 0.25) is 0 Å². The Morgan fingerprint density at radius 1 is 1.28 bits per heavy atom. The van der Waals surface area contributed by atoms with Gasteiger partial charge in [0, 0.05) is 0 Å². The van der Waals surface area contributed by atoms with Gasteiger partial charge < -0.3 is 10.4 Å². The molecule has 0 aromatic heterocycles. The van der Waals surface area contributed by atoms with E-state index in [1.165, 1.54) is 5.32 Å². The molecule has 1 aliphatic heterocycles. The molecule has 0 spiro atoms. The molecule has 1 fully saturated rings. The fourth-order valence-corrected chi connectivity index (χ4v) is 3.54. The maximum absolute atomic E-state index is 12.1. The van der Waals surface area contributed by atoms with Crippen LogP contribution in [0.3, 0.4) is 0 Å². The highest BCUT2D eigenvalue weighted by Gasteiger charge is 2.51. The zero-order valence-electron chi connectivity index (χ0n) is 8.95. The van der Waals surface area contributed by atoms with Crippen LogP contribution in [0.1, 0.15) is 12.8 Å². The van der Waals surface area contributed by atoms with Crippen molar-refractivity contribution in [3.05, 3.63) is 0 Å². The molecule has 18 heavy (non-hydrogen) atoms. The Morgan fingerprint density at radius 2 is 1.83 bits per heavy atom. The average molecular weight is 289 g/mol. The van der Waals surface area contributed by atoms with Crippen LogP contribution in [0.4, 0.5) is 13.2 Å². The molecule has 1 saturated heterocycles. The lowest BCUT2D eigenvalue weighted by atomic mass is 9.95. The van der Waals surface area contributed by atoms with E-state index in [0.29, 0.717) is 0 Å². The van der Waals surface area contributed by atoms with Crippen molar-refractivity contribution in [3.63, 3.8) is 0 Å². The Labute approximate surface area is 100 Å². The summed E-state index contributed by atoms with van der Waals surface area (Å²) in [6.45, 7) is 0. The van der Waals surface area contributed by atoms with Crippen LogP contribution in [-0.4, -0.2) is 48.6 Å². The van der Waals surface area contributed by atoms with Gasteiger partial charge in [0.15, 0.2) is 15.4 Å². The average Bonchev–Trinajstić information content (AvgIpc) is 2.13. The Balaban J connectivity index is 3.03. The first-order chi connectivity index (χ1) is 7.99. The highest BCUT2D eigenvalue weighted by molar-refractivity contribution is 7.91. The summed E-state index contributed by atoms with van der Waals surface area (Å²) in [7, 11) is -3.79. The lowest BCUT2D eigenvalue weighted by Crippen LogP contribution is -2.63. The first-order valence-corrected chi connectivity index (χ1v) is 6.64. The summed E-state index contributed by atoms with van der Waals surface area (Å²) >= 11 is 0. The van der Waals surface area contributed by atoms with Gasteiger partial charge >= 0.3 is 18.1 Å². The molecule has 0 bridgehead atoms. The van der Waals surface area contributed by atoms with Crippen molar-refractivity contribution >= 4 is 21.7 Å². The van der Waals surface area contributed by atoms with E-state index in [9.17, 15) is 31.2 Å². The van der Waals surface area contributed by atoms with Gasteiger partial charge in [-0.1, -0.05) is 0 Å². The number of amides is 1. The number of carbonyl (C=O) groups is 2. The van der Waals surface area contributed by atoms with E-state index in [-0.39, 0.29) is 18.6 Å². The van der Waals surface area contributed by atoms with Gasteiger partial charge in [0.25, 0.3) is 0 Å². The molecule has 1 heterocycles.